The Hall–Kier alpha value is -3.32. The quantitative estimate of drug-likeness (QED) is 0.803. The number of hydrogen-bond acceptors (Lipinski definition) is 6. The van der Waals surface area contributed by atoms with Crippen LogP contribution in [0.5, 0.6) is 5.75 Å². The van der Waals surface area contributed by atoms with Gasteiger partial charge in [-0.15, -0.1) is 13.2 Å². The number of nitrogens with zero attached hydrogens (tertiary/aromatic N) is 4. The second kappa shape index (κ2) is 9.00. The van der Waals surface area contributed by atoms with Crippen LogP contribution in [-0.4, -0.2) is 54.4 Å². The highest BCUT2D eigenvalue weighted by atomic mass is 19.4. The fourth-order valence-electron chi connectivity index (χ4n) is 3.21. The van der Waals surface area contributed by atoms with Crippen molar-refractivity contribution in [2.75, 3.05) is 36.4 Å². The first-order chi connectivity index (χ1) is 14.3. The van der Waals surface area contributed by atoms with Crippen LogP contribution >= 0.6 is 0 Å². The zero-order chi connectivity index (χ0) is 21.7. The molecule has 0 spiro atoms. The Labute approximate surface area is 171 Å². The van der Waals surface area contributed by atoms with Crippen LogP contribution in [0.4, 0.5) is 24.7 Å². The van der Waals surface area contributed by atoms with Crippen LogP contribution in [0.1, 0.15) is 12.5 Å². The summed E-state index contributed by atoms with van der Waals surface area (Å²) in [6, 6.07) is 10.1. The number of hydrogen-bond donors (Lipinski definition) is 1. The van der Waals surface area contributed by atoms with Gasteiger partial charge in [-0.25, -0.2) is 4.98 Å². The van der Waals surface area contributed by atoms with Gasteiger partial charge < -0.3 is 15.0 Å². The van der Waals surface area contributed by atoms with Crippen molar-refractivity contribution in [3.05, 3.63) is 48.2 Å². The molecule has 30 heavy (non-hydrogen) atoms. The Kier molecular flexibility index (Phi) is 6.42. The zero-order valence-corrected chi connectivity index (χ0v) is 16.2. The van der Waals surface area contributed by atoms with Gasteiger partial charge in [0, 0.05) is 38.1 Å². The maximum Gasteiger partial charge on any atom is 0.573 e. The number of rotatable bonds is 5. The first-order valence-electron chi connectivity index (χ1n) is 9.27. The third-order valence-corrected chi connectivity index (χ3v) is 4.80. The fraction of sp³-hybridized carbons (Fsp3) is 0.350. The van der Waals surface area contributed by atoms with E-state index in [9.17, 15) is 23.2 Å². The maximum absolute atomic E-state index is 12.5. The molecule has 1 saturated heterocycles. The number of nitriles is 1. The van der Waals surface area contributed by atoms with Crippen molar-refractivity contribution in [1.82, 2.24) is 9.88 Å². The molecule has 0 bridgehead atoms. The molecular weight excluding hydrogens is 399 g/mol. The lowest BCUT2D eigenvalue weighted by molar-refractivity contribution is -0.274. The zero-order valence-electron chi connectivity index (χ0n) is 16.2. The molecule has 1 aromatic carbocycles. The summed E-state index contributed by atoms with van der Waals surface area (Å²) in [5, 5.41) is 11.9. The van der Waals surface area contributed by atoms with E-state index in [1.807, 2.05) is 9.80 Å². The molecule has 2 aromatic rings. The van der Waals surface area contributed by atoms with E-state index in [0.717, 1.165) is 12.1 Å². The minimum absolute atomic E-state index is 0.261. The highest BCUT2D eigenvalue weighted by Crippen LogP contribution is 2.24. The Morgan fingerprint density at radius 3 is 2.47 bits per heavy atom. The van der Waals surface area contributed by atoms with Gasteiger partial charge in [0.25, 0.3) is 0 Å². The first kappa shape index (κ1) is 21.4. The number of carbonyl (C=O) groups excluding carboxylic acids is 1. The van der Waals surface area contributed by atoms with E-state index in [-0.39, 0.29) is 11.7 Å². The largest absolute Gasteiger partial charge is 0.573 e. The predicted octanol–water partition coefficient (Wildman–Crippen LogP) is 3.00. The van der Waals surface area contributed by atoms with E-state index in [4.69, 9.17) is 0 Å². The Morgan fingerprint density at radius 1 is 1.20 bits per heavy atom. The van der Waals surface area contributed by atoms with E-state index >= 15 is 0 Å². The number of amides is 1. The number of anilines is 2. The lowest BCUT2D eigenvalue weighted by Crippen LogP contribution is -2.53. The molecular formula is C20H20F3N5O2. The van der Waals surface area contributed by atoms with Gasteiger partial charge >= 0.3 is 6.36 Å². The van der Waals surface area contributed by atoms with Crippen molar-refractivity contribution in [2.24, 2.45) is 0 Å². The van der Waals surface area contributed by atoms with E-state index in [1.54, 1.807) is 25.3 Å². The number of benzene rings is 1. The fourth-order valence-corrected chi connectivity index (χ4v) is 3.21. The maximum atomic E-state index is 12.5. The number of nitrogens with one attached hydrogen (secondary N) is 1. The smallest absolute Gasteiger partial charge is 0.406 e. The summed E-state index contributed by atoms with van der Waals surface area (Å²) in [4.78, 5) is 20.8. The molecule has 1 unspecified atom stereocenters. The van der Waals surface area contributed by atoms with Crippen LogP contribution in [0.3, 0.4) is 0 Å². The SMILES string of the molecule is CC(C(=O)Nc1ccc(OC(F)(F)F)cc1)N1CCN(c2ncccc2C#N)CC1. The van der Waals surface area contributed by atoms with Gasteiger partial charge in [-0.05, 0) is 43.3 Å². The highest BCUT2D eigenvalue weighted by molar-refractivity contribution is 5.94. The highest BCUT2D eigenvalue weighted by Gasteiger charge is 2.31. The summed E-state index contributed by atoms with van der Waals surface area (Å²) < 4.78 is 40.5. The number of ether oxygens (including phenoxy) is 1. The summed E-state index contributed by atoms with van der Waals surface area (Å²) in [6.07, 6.45) is -3.12. The van der Waals surface area contributed by atoms with Crippen molar-refractivity contribution in [3.63, 3.8) is 0 Å². The van der Waals surface area contributed by atoms with Crippen LogP contribution in [0.15, 0.2) is 42.6 Å². The third kappa shape index (κ3) is 5.39. The van der Waals surface area contributed by atoms with Gasteiger partial charge in [0.1, 0.15) is 17.6 Å². The number of alkyl halides is 3. The average Bonchev–Trinajstić information content (AvgIpc) is 2.73. The molecule has 1 atom stereocenters. The summed E-state index contributed by atoms with van der Waals surface area (Å²) in [5.41, 5.74) is 0.891. The molecule has 2 heterocycles. The van der Waals surface area contributed by atoms with Gasteiger partial charge in [-0.1, -0.05) is 0 Å². The second-order valence-electron chi connectivity index (χ2n) is 6.75. The molecule has 0 saturated carbocycles. The van der Waals surface area contributed by atoms with Crippen LogP contribution in [0.25, 0.3) is 0 Å². The van der Waals surface area contributed by atoms with Crippen molar-refractivity contribution >= 4 is 17.4 Å². The van der Waals surface area contributed by atoms with E-state index in [2.05, 4.69) is 21.1 Å². The minimum atomic E-state index is -4.76. The van der Waals surface area contributed by atoms with Crippen LogP contribution in [0, 0.1) is 11.3 Å². The average molecular weight is 419 g/mol. The van der Waals surface area contributed by atoms with Crippen LogP contribution < -0.4 is 15.0 Å². The van der Waals surface area contributed by atoms with Crippen molar-refractivity contribution in [1.29, 1.82) is 5.26 Å². The molecule has 1 aliphatic rings. The van der Waals surface area contributed by atoms with Gasteiger partial charge in [0.2, 0.25) is 5.91 Å². The predicted molar refractivity (Wildman–Crippen MR) is 104 cm³/mol. The molecule has 1 aromatic heterocycles. The number of piperazine rings is 1. The standard InChI is InChI=1S/C20H20F3N5O2/c1-14(19(29)26-16-4-6-17(7-5-16)30-20(21,22)23)27-9-11-28(12-10-27)18-15(13-24)3-2-8-25-18/h2-8,14H,9-12H2,1H3,(H,26,29). The number of pyridine rings is 1. The van der Waals surface area contributed by atoms with Gasteiger partial charge in [-0.3, -0.25) is 9.69 Å². The lowest BCUT2D eigenvalue weighted by atomic mass is 10.2. The monoisotopic (exact) mass is 419 g/mol. The number of aromatic nitrogens is 1. The van der Waals surface area contributed by atoms with Crippen molar-refractivity contribution < 1.29 is 22.7 Å². The van der Waals surface area contributed by atoms with E-state index in [1.165, 1.54) is 12.1 Å². The topological polar surface area (TPSA) is 81.5 Å². The molecule has 1 N–H and O–H groups in total. The molecule has 10 heteroatoms. The third-order valence-electron chi connectivity index (χ3n) is 4.80. The van der Waals surface area contributed by atoms with Crippen LogP contribution in [-0.2, 0) is 4.79 Å². The normalized spacial score (nSPS) is 15.9. The summed E-state index contributed by atoms with van der Waals surface area (Å²) in [6.45, 7) is 4.22. The van der Waals surface area contributed by atoms with Gasteiger partial charge in [0.05, 0.1) is 11.6 Å². The van der Waals surface area contributed by atoms with Crippen molar-refractivity contribution in [2.45, 2.75) is 19.3 Å². The summed E-state index contributed by atoms with van der Waals surface area (Å²) in [5.74, 6) is 0.0253. The molecule has 0 aliphatic carbocycles. The van der Waals surface area contributed by atoms with Gasteiger partial charge in [-0.2, -0.15) is 5.26 Å². The Morgan fingerprint density at radius 2 is 1.87 bits per heavy atom. The van der Waals surface area contributed by atoms with E-state index in [0.29, 0.717) is 43.2 Å². The molecule has 1 aliphatic heterocycles. The van der Waals surface area contributed by atoms with E-state index < -0.39 is 12.4 Å². The number of carbonyl (C=O) groups is 1. The molecule has 1 fully saturated rings. The number of halogens is 3. The second-order valence-corrected chi connectivity index (χ2v) is 6.75. The van der Waals surface area contributed by atoms with Crippen molar-refractivity contribution in [3.8, 4) is 11.8 Å². The summed E-state index contributed by atoms with van der Waals surface area (Å²) >= 11 is 0. The molecule has 3 rings (SSSR count). The Bertz CT molecular complexity index is 919. The minimum Gasteiger partial charge on any atom is -0.406 e. The first-order valence-corrected chi connectivity index (χ1v) is 9.27. The molecule has 158 valence electrons. The summed E-state index contributed by atoms with van der Waals surface area (Å²) in [7, 11) is 0. The molecule has 1 amide bonds. The van der Waals surface area contributed by atoms with Gasteiger partial charge in [0.15, 0.2) is 0 Å². The Balaban J connectivity index is 1.54. The molecule has 7 nitrogen and oxygen atoms in total. The lowest BCUT2D eigenvalue weighted by Gasteiger charge is -2.38. The molecule has 0 radical (unpaired) electrons. The van der Waals surface area contributed by atoms with Crippen LogP contribution in [0.2, 0.25) is 0 Å².